The van der Waals surface area contributed by atoms with Gasteiger partial charge in [-0.25, -0.2) is 13.5 Å². The first-order chi connectivity index (χ1) is 19.9. The molecule has 0 saturated carbocycles. The average molecular weight is 570 g/mol. The number of rotatable bonds is 4. The van der Waals surface area contributed by atoms with Crippen LogP contribution in [-0.4, -0.2) is 94.2 Å². The summed E-state index contributed by atoms with van der Waals surface area (Å²) in [4.78, 5) is 42.5. The zero-order chi connectivity index (χ0) is 28.9. The van der Waals surface area contributed by atoms with Crippen molar-refractivity contribution in [3.8, 4) is 11.5 Å². The maximum Gasteiger partial charge on any atom is 0.256 e. The van der Waals surface area contributed by atoms with Gasteiger partial charge in [-0.3, -0.25) is 14.4 Å². The smallest absolute Gasteiger partial charge is 0.256 e. The molecule has 2 aliphatic heterocycles. The Morgan fingerprint density at radius 3 is 2.73 bits per heavy atom. The number of nitrogens with one attached hydrogen (secondary N) is 1. The number of nitrogens with zero attached hydrogens (tertiary/aromatic N) is 6. The molecule has 1 aromatic heterocycles. The fourth-order valence-corrected chi connectivity index (χ4v) is 5.18. The summed E-state index contributed by atoms with van der Waals surface area (Å²) < 4.78 is 41.1. The number of amides is 3. The van der Waals surface area contributed by atoms with Crippen molar-refractivity contribution < 1.29 is 32.6 Å². The van der Waals surface area contributed by atoms with E-state index < -0.39 is 29.4 Å². The predicted octanol–water partition coefficient (Wildman–Crippen LogP) is 1.24. The first-order valence-electron chi connectivity index (χ1n) is 13.2. The van der Waals surface area contributed by atoms with Gasteiger partial charge in [-0.1, -0.05) is 12.1 Å². The van der Waals surface area contributed by atoms with Crippen LogP contribution in [0.1, 0.15) is 28.3 Å². The van der Waals surface area contributed by atoms with Crippen LogP contribution >= 0.6 is 0 Å². The van der Waals surface area contributed by atoms with Crippen molar-refractivity contribution in [2.75, 3.05) is 46.4 Å². The molecular weight excluding hydrogens is 540 g/mol. The minimum Gasteiger partial charge on any atom is -0.493 e. The lowest BCUT2D eigenvalue weighted by molar-refractivity contribution is -0.132. The highest BCUT2D eigenvalue weighted by Crippen LogP contribution is 2.38. The summed E-state index contributed by atoms with van der Waals surface area (Å²) in [6.45, 7) is 1.18. The zero-order valence-corrected chi connectivity index (χ0v) is 22.3. The second kappa shape index (κ2) is 12.3. The number of likely N-dealkylation sites (tertiary alicyclic amines) is 1. The van der Waals surface area contributed by atoms with E-state index in [0.29, 0.717) is 24.5 Å². The molecular formula is C27H29F2N7O5. The number of aromatic nitrogens is 4. The molecule has 41 heavy (non-hydrogen) atoms. The summed E-state index contributed by atoms with van der Waals surface area (Å²) in [6, 6.07) is 8.70. The van der Waals surface area contributed by atoms with Crippen LogP contribution in [0.2, 0.25) is 0 Å². The van der Waals surface area contributed by atoms with Gasteiger partial charge in [0.2, 0.25) is 11.8 Å². The van der Waals surface area contributed by atoms with Crippen LogP contribution in [-0.2, 0) is 16.1 Å². The largest absolute Gasteiger partial charge is 0.493 e. The fourth-order valence-electron chi connectivity index (χ4n) is 5.18. The summed E-state index contributed by atoms with van der Waals surface area (Å²) in [7, 11) is 1.50. The Balaban J connectivity index is 1.39. The fraction of sp³-hybridized carbons (Fsp3) is 0.407. The van der Waals surface area contributed by atoms with E-state index in [1.54, 1.807) is 23.1 Å². The predicted molar refractivity (Wildman–Crippen MR) is 139 cm³/mol. The molecule has 5 rings (SSSR count). The molecule has 3 heterocycles. The highest BCUT2D eigenvalue weighted by Gasteiger charge is 2.41. The number of ether oxygens (including phenoxy) is 2. The van der Waals surface area contributed by atoms with Gasteiger partial charge in [0.25, 0.3) is 5.91 Å². The number of tetrazole rings is 1. The third kappa shape index (κ3) is 6.10. The number of hydrogen-bond acceptors (Lipinski definition) is 8. The van der Waals surface area contributed by atoms with Crippen LogP contribution in [0.5, 0.6) is 11.5 Å². The van der Waals surface area contributed by atoms with E-state index in [0.717, 1.165) is 11.6 Å². The van der Waals surface area contributed by atoms with Gasteiger partial charge in [0, 0.05) is 32.1 Å². The van der Waals surface area contributed by atoms with E-state index in [1.165, 1.54) is 35.2 Å². The second-order valence-electron chi connectivity index (χ2n) is 9.82. The van der Waals surface area contributed by atoms with E-state index in [-0.39, 0.29) is 56.7 Å². The van der Waals surface area contributed by atoms with Crippen molar-refractivity contribution in [3.05, 3.63) is 65.5 Å². The molecule has 2 bridgehead atoms. The molecule has 0 unspecified atom stereocenters. The van der Waals surface area contributed by atoms with Crippen molar-refractivity contribution in [1.29, 1.82) is 0 Å². The normalized spacial score (nSPS) is 19.5. The Kier molecular flexibility index (Phi) is 8.36. The number of carbonyl (C=O) groups is 3. The number of hydrogen-bond donors (Lipinski definition) is 1. The van der Waals surface area contributed by atoms with Crippen molar-refractivity contribution >= 4 is 17.7 Å². The molecule has 216 valence electrons. The SMILES string of the molecule is COc1ccc2cc1OCCN(C(=O)Cn1cnnn1)CCCNC(=O)[C@H]1CN(C(=O)c3cccc(F)c3F)C[C@H]21. The average Bonchev–Trinajstić information content (AvgIpc) is 3.65. The number of methoxy groups -OCH3 is 1. The zero-order valence-electron chi connectivity index (χ0n) is 22.3. The molecule has 1 fully saturated rings. The summed E-state index contributed by atoms with van der Waals surface area (Å²) in [5.41, 5.74) is 0.334. The number of halogens is 2. The van der Waals surface area contributed by atoms with E-state index in [9.17, 15) is 23.2 Å². The Bertz CT molecular complexity index is 1420. The quantitative estimate of drug-likeness (QED) is 0.497. The summed E-state index contributed by atoms with van der Waals surface area (Å²) in [5, 5.41) is 13.8. The summed E-state index contributed by atoms with van der Waals surface area (Å²) in [5.74, 6) is -3.74. The van der Waals surface area contributed by atoms with Crippen molar-refractivity contribution in [1.82, 2.24) is 35.3 Å². The Morgan fingerprint density at radius 1 is 1.12 bits per heavy atom. The molecule has 0 spiro atoms. The van der Waals surface area contributed by atoms with E-state index in [1.807, 2.05) is 0 Å². The van der Waals surface area contributed by atoms with Gasteiger partial charge in [0.1, 0.15) is 19.5 Å². The van der Waals surface area contributed by atoms with Crippen LogP contribution < -0.4 is 14.8 Å². The molecule has 14 heteroatoms. The maximum absolute atomic E-state index is 14.4. The Hall–Kier alpha value is -4.62. The lowest BCUT2D eigenvalue weighted by atomic mass is 9.88. The molecule has 0 radical (unpaired) electrons. The molecule has 1 N–H and O–H groups in total. The first-order valence-corrected chi connectivity index (χ1v) is 13.2. The number of fused-ring (bicyclic) bond motifs is 4. The third-order valence-electron chi connectivity index (χ3n) is 7.31. The van der Waals surface area contributed by atoms with Crippen LogP contribution in [0.4, 0.5) is 8.78 Å². The van der Waals surface area contributed by atoms with Gasteiger partial charge in [-0.15, -0.1) is 5.10 Å². The monoisotopic (exact) mass is 569 g/mol. The van der Waals surface area contributed by atoms with Crippen LogP contribution in [0.3, 0.4) is 0 Å². The summed E-state index contributed by atoms with van der Waals surface area (Å²) >= 11 is 0. The minimum absolute atomic E-state index is 0.0179. The molecule has 1 saturated heterocycles. The first kappa shape index (κ1) is 27.9. The standard InChI is InChI=1S/C27H29F2N7O5/c1-40-22-7-6-17-12-23(22)41-11-10-34(24(37)15-36-16-31-32-33-36)9-3-8-30-26(38)20-14-35(13-19(17)20)27(39)18-4-2-5-21(28)25(18)29/h2,4-7,12,16,19-20H,3,8-11,13-15H2,1H3,(H,30,38)/t19-,20+/m1/s1. The van der Waals surface area contributed by atoms with Crippen molar-refractivity contribution in [2.24, 2.45) is 5.92 Å². The van der Waals surface area contributed by atoms with E-state index in [4.69, 9.17) is 9.47 Å². The molecule has 0 aliphatic carbocycles. The van der Waals surface area contributed by atoms with Crippen LogP contribution in [0.15, 0.2) is 42.7 Å². The summed E-state index contributed by atoms with van der Waals surface area (Å²) in [6.07, 6.45) is 1.82. The molecule has 2 aromatic carbocycles. The molecule has 2 atom stereocenters. The number of benzene rings is 2. The van der Waals surface area contributed by atoms with Crippen LogP contribution in [0, 0.1) is 17.6 Å². The Labute approximate surface area is 234 Å². The second-order valence-corrected chi connectivity index (χ2v) is 9.82. The van der Waals surface area contributed by atoms with E-state index >= 15 is 0 Å². The highest BCUT2D eigenvalue weighted by atomic mass is 19.2. The maximum atomic E-state index is 14.4. The van der Waals surface area contributed by atoms with Gasteiger partial charge in [-0.2, -0.15) is 0 Å². The number of carbonyl (C=O) groups excluding carboxylic acids is 3. The Morgan fingerprint density at radius 2 is 1.95 bits per heavy atom. The third-order valence-corrected chi connectivity index (χ3v) is 7.31. The molecule has 12 nitrogen and oxygen atoms in total. The van der Waals surface area contributed by atoms with Gasteiger partial charge < -0.3 is 24.6 Å². The van der Waals surface area contributed by atoms with Crippen molar-refractivity contribution in [3.63, 3.8) is 0 Å². The topological polar surface area (TPSA) is 132 Å². The molecule has 3 amide bonds. The van der Waals surface area contributed by atoms with Gasteiger partial charge >= 0.3 is 0 Å². The van der Waals surface area contributed by atoms with Crippen molar-refractivity contribution in [2.45, 2.75) is 18.9 Å². The van der Waals surface area contributed by atoms with Gasteiger partial charge in [0.15, 0.2) is 23.1 Å². The highest BCUT2D eigenvalue weighted by molar-refractivity contribution is 5.95. The molecule has 3 aromatic rings. The van der Waals surface area contributed by atoms with Gasteiger partial charge in [0.05, 0.1) is 25.1 Å². The minimum atomic E-state index is -1.22. The lowest BCUT2D eigenvalue weighted by Crippen LogP contribution is -2.40. The molecule has 2 aliphatic rings. The van der Waals surface area contributed by atoms with Gasteiger partial charge in [-0.05, 0) is 46.7 Å². The van der Waals surface area contributed by atoms with Crippen LogP contribution in [0.25, 0.3) is 0 Å². The lowest BCUT2D eigenvalue weighted by Gasteiger charge is -2.25. The van der Waals surface area contributed by atoms with E-state index in [2.05, 4.69) is 20.8 Å².